The molecule has 3 aromatic rings. The summed E-state index contributed by atoms with van der Waals surface area (Å²) in [6, 6.07) is 18.8. The number of aromatic nitrogens is 1. The molecule has 0 aliphatic heterocycles. The van der Waals surface area contributed by atoms with Gasteiger partial charge in [-0.1, -0.05) is 76.1 Å². The number of fused-ring (bicyclic) bond motifs is 1. The lowest BCUT2D eigenvalue weighted by atomic mass is 9.85. The van der Waals surface area contributed by atoms with Crippen molar-refractivity contribution in [3.05, 3.63) is 65.7 Å². The fourth-order valence-corrected chi connectivity index (χ4v) is 4.57. The van der Waals surface area contributed by atoms with Crippen molar-refractivity contribution >= 4 is 16.8 Å². The smallest absolute Gasteiger partial charge is 0.252 e. The third-order valence-electron chi connectivity index (χ3n) is 6.28. The molecule has 2 aromatic carbocycles. The van der Waals surface area contributed by atoms with Crippen LogP contribution in [0.15, 0.2) is 54.6 Å². The van der Waals surface area contributed by atoms with Crippen molar-refractivity contribution in [3.8, 4) is 11.3 Å². The average molecular weight is 401 g/mol. The summed E-state index contributed by atoms with van der Waals surface area (Å²) in [5, 5.41) is 4.24. The standard InChI is InChI=1S/C27H32N2O/c1-18(2)16-20-12-14-21(15-13-20)26-17-23(22-9-5-7-11-25(22)28-26)27(30)29-24-10-6-4-8-19(24)3/h5,7,9,11-15,17-19,24H,4,6,8,10,16H2,1-3H3,(H,29,30)/t19-,24-/m0/s1. The van der Waals surface area contributed by atoms with Gasteiger partial charge in [-0.3, -0.25) is 4.79 Å². The molecule has 30 heavy (non-hydrogen) atoms. The van der Waals surface area contributed by atoms with E-state index in [2.05, 4.69) is 50.4 Å². The molecule has 0 unspecified atom stereocenters. The molecule has 3 heteroatoms. The van der Waals surface area contributed by atoms with E-state index in [4.69, 9.17) is 4.98 Å². The number of nitrogens with one attached hydrogen (secondary N) is 1. The van der Waals surface area contributed by atoms with Crippen molar-refractivity contribution in [1.82, 2.24) is 10.3 Å². The van der Waals surface area contributed by atoms with Gasteiger partial charge < -0.3 is 5.32 Å². The molecule has 1 aliphatic rings. The Morgan fingerprint density at radius 3 is 2.53 bits per heavy atom. The predicted octanol–water partition coefficient (Wildman–Crippen LogP) is 6.41. The molecule has 1 N–H and O–H groups in total. The van der Waals surface area contributed by atoms with Gasteiger partial charge in [0.2, 0.25) is 0 Å². The summed E-state index contributed by atoms with van der Waals surface area (Å²) in [5.74, 6) is 1.18. The highest BCUT2D eigenvalue weighted by Crippen LogP contribution is 2.28. The monoisotopic (exact) mass is 400 g/mol. The Balaban J connectivity index is 1.68. The molecule has 1 amide bonds. The van der Waals surface area contributed by atoms with Gasteiger partial charge in [-0.2, -0.15) is 0 Å². The van der Waals surface area contributed by atoms with Crippen molar-refractivity contribution in [3.63, 3.8) is 0 Å². The lowest BCUT2D eigenvalue weighted by Gasteiger charge is -2.29. The van der Waals surface area contributed by atoms with Crippen molar-refractivity contribution < 1.29 is 4.79 Å². The Kier molecular flexibility index (Phi) is 6.17. The Labute approximate surface area is 179 Å². The Morgan fingerprint density at radius 2 is 1.80 bits per heavy atom. The van der Waals surface area contributed by atoms with E-state index in [1.165, 1.54) is 24.8 Å². The summed E-state index contributed by atoms with van der Waals surface area (Å²) in [6.07, 6.45) is 5.79. The molecular formula is C27H32N2O. The van der Waals surface area contributed by atoms with Crippen LogP contribution in [0.5, 0.6) is 0 Å². The van der Waals surface area contributed by atoms with Crippen LogP contribution in [0.2, 0.25) is 0 Å². The van der Waals surface area contributed by atoms with E-state index in [-0.39, 0.29) is 11.9 Å². The molecule has 2 atom stereocenters. The SMILES string of the molecule is CC(C)Cc1ccc(-c2cc(C(=O)N[C@H]3CCCC[C@@H]3C)c3ccccc3n2)cc1. The van der Waals surface area contributed by atoms with E-state index < -0.39 is 0 Å². The first-order valence-electron chi connectivity index (χ1n) is 11.3. The van der Waals surface area contributed by atoms with E-state index in [1.54, 1.807) is 0 Å². The van der Waals surface area contributed by atoms with Crippen LogP contribution in [-0.2, 0) is 6.42 Å². The molecule has 0 spiro atoms. The zero-order chi connectivity index (χ0) is 21.1. The van der Waals surface area contributed by atoms with E-state index in [9.17, 15) is 4.79 Å². The topological polar surface area (TPSA) is 42.0 Å². The summed E-state index contributed by atoms with van der Waals surface area (Å²) in [4.78, 5) is 18.2. The molecule has 0 bridgehead atoms. The lowest BCUT2D eigenvalue weighted by Crippen LogP contribution is -2.41. The van der Waals surface area contributed by atoms with E-state index in [0.717, 1.165) is 40.6 Å². The van der Waals surface area contributed by atoms with Gasteiger partial charge >= 0.3 is 0 Å². The first-order valence-corrected chi connectivity index (χ1v) is 11.3. The van der Waals surface area contributed by atoms with Crippen molar-refractivity contribution in [2.75, 3.05) is 0 Å². The highest BCUT2D eigenvalue weighted by atomic mass is 16.1. The van der Waals surface area contributed by atoms with Crippen LogP contribution < -0.4 is 5.32 Å². The lowest BCUT2D eigenvalue weighted by molar-refractivity contribution is 0.0912. The number of carbonyl (C=O) groups excluding carboxylic acids is 1. The van der Waals surface area contributed by atoms with Crippen LogP contribution >= 0.6 is 0 Å². The number of rotatable bonds is 5. The zero-order valence-electron chi connectivity index (χ0n) is 18.3. The van der Waals surface area contributed by atoms with Gasteiger partial charge in [0.1, 0.15) is 0 Å². The van der Waals surface area contributed by atoms with Crippen LogP contribution in [0.3, 0.4) is 0 Å². The second-order valence-electron chi connectivity index (χ2n) is 9.21. The molecule has 1 aromatic heterocycles. The summed E-state index contributed by atoms with van der Waals surface area (Å²) in [7, 11) is 0. The number of para-hydroxylation sites is 1. The summed E-state index contributed by atoms with van der Waals surface area (Å²) < 4.78 is 0. The molecule has 1 fully saturated rings. The number of amides is 1. The molecule has 1 saturated carbocycles. The second kappa shape index (κ2) is 8.99. The van der Waals surface area contributed by atoms with Crippen LogP contribution in [0, 0.1) is 11.8 Å². The summed E-state index contributed by atoms with van der Waals surface area (Å²) in [5.41, 5.74) is 4.82. The van der Waals surface area contributed by atoms with Gasteiger partial charge in [-0.25, -0.2) is 4.98 Å². The van der Waals surface area contributed by atoms with Gasteiger partial charge in [0.15, 0.2) is 0 Å². The minimum atomic E-state index is 0.0185. The highest BCUT2D eigenvalue weighted by molar-refractivity contribution is 6.07. The number of nitrogens with zero attached hydrogens (tertiary/aromatic N) is 1. The van der Waals surface area contributed by atoms with Gasteiger partial charge in [0.05, 0.1) is 16.8 Å². The Hall–Kier alpha value is -2.68. The average Bonchev–Trinajstić information content (AvgIpc) is 2.74. The minimum absolute atomic E-state index is 0.0185. The summed E-state index contributed by atoms with van der Waals surface area (Å²) in [6.45, 7) is 6.71. The molecule has 4 rings (SSSR count). The molecule has 1 heterocycles. The maximum Gasteiger partial charge on any atom is 0.252 e. The van der Waals surface area contributed by atoms with E-state index in [1.807, 2.05) is 30.3 Å². The molecular weight excluding hydrogens is 368 g/mol. The Bertz CT molecular complexity index is 1020. The third kappa shape index (κ3) is 4.56. The zero-order valence-corrected chi connectivity index (χ0v) is 18.3. The summed E-state index contributed by atoms with van der Waals surface area (Å²) >= 11 is 0. The van der Waals surface area contributed by atoms with Crippen molar-refractivity contribution in [2.24, 2.45) is 11.8 Å². The number of benzene rings is 2. The van der Waals surface area contributed by atoms with Gasteiger partial charge in [-0.15, -0.1) is 0 Å². The van der Waals surface area contributed by atoms with Gasteiger partial charge in [0.25, 0.3) is 5.91 Å². The fourth-order valence-electron chi connectivity index (χ4n) is 4.57. The number of hydrogen-bond donors (Lipinski definition) is 1. The maximum atomic E-state index is 13.3. The molecule has 3 nitrogen and oxygen atoms in total. The van der Waals surface area contributed by atoms with E-state index in [0.29, 0.717) is 11.8 Å². The quantitative estimate of drug-likeness (QED) is 0.538. The van der Waals surface area contributed by atoms with Crippen molar-refractivity contribution in [1.29, 1.82) is 0 Å². The van der Waals surface area contributed by atoms with Gasteiger partial charge in [-0.05, 0) is 48.8 Å². The van der Waals surface area contributed by atoms with Crippen LogP contribution in [0.25, 0.3) is 22.2 Å². The molecule has 1 aliphatic carbocycles. The number of hydrogen-bond acceptors (Lipinski definition) is 2. The van der Waals surface area contributed by atoms with E-state index >= 15 is 0 Å². The van der Waals surface area contributed by atoms with Crippen LogP contribution in [0.1, 0.15) is 62.4 Å². The van der Waals surface area contributed by atoms with Crippen molar-refractivity contribution in [2.45, 2.75) is 58.9 Å². The number of pyridine rings is 1. The fraction of sp³-hybridized carbons (Fsp3) is 0.407. The Morgan fingerprint density at radius 1 is 1.07 bits per heavy atom. The normalized spacial score (nSPS) is 19.2. The van der Waals surface area contributed by atoms with Crippen LogP contribution in [-0.4, -0.2) is 16.9 Å². The molecule has 0 radical (unpaired) electrons. The predicted molar refractivity (Wildman–Crippen MR) is 125 cm³/mol. The van der Waals surface area contributed by atoms with Crippen LogP contribution in [0.4, 0.5) is 0 Å². The minimum Gasteiger partial charge on any atom is -0.349 e. The molecule has 0 saturated heterocycles. The molecule has 156 valence electrons. The number of carbonyl (C=O) groups is 1. The first-order chi connectivity index (χ1) is 14.5. The largest absolute Gasteiger partial charge is 0.349 e. The first kappa shape index (κ1) is 20.6. The second-order valence-corrected chi connectivity index (χ2v) is 9.21. The maximum absolute atomic E-state index is 13.3. The third-order valence-corrected chi connectivity index (χ3v) is 6.28. The van der Waals surface area contributed by atoms with Gasteiger partial charge in [0, 0.05) is 17.0 Å². The highest BCUT2D eigenvalue weighted by Gasteiger charge is 2.24.